The van der Waals surface area contributed by atoms with Crippen LogP contribution in [0.15, 0.2) is 48.7 Å². The van der Waals surface area contributed by atoms with Crippen LogP contribution in [0.4, 0.5) is 5.69 Å². The van der Waals surface area contributed by atoms with Crippen LogP contribution in [0.1, 0.15) is 0 Å². The van der Waals surface area contributed by atoms with Gasteiger partial charge >= 0.3 is 0 Å². The number of halogens is 3. The van der Waals surface area contributed by atoms with Crippen LogP contribution in [0.2, 0.25) is 15.1 Å². The van der Waals surface area contributed by atoms with Crippen molar-refractivity contribution in [1.29, 1.82) is 0 Å². The molecule has 3 aromatic rings. The van der Waals surface area contributed by atoms with E-state index in [9.17, 15) is 0 Å². The number of nitrogens with zero attached hydrogens (tertiary/aromatic N) is 2. The number of nitrogen functional groups attached to an aromatic ring is 1. The molecule has 0 aliphatic carbocycles. The topological polar surface area (TPSA) is 43.8 Å². The zero-order chi connectivity index (χ0) is 15.0. The van der Waals surface area contributed by atoms with Crippen molar-refractivity contribution in [2.45, 2.75) is 0 Å². The van der Waals surface area contributed by atoms with Crippen molar-refractivity contribution in [2.75, 3.05) is 5.73 Å². The highest BCUT2D eigenvalue weighted by molar-refractivity contribution is 6.36. The SMILES string of the molecule is Nc1cn(-c2cccc(Cl)c2)nc1-c1ccc(Cl)cc1Cl. The molecule has 0 aliphatic heterocycles. The van der Waals surface area contributed by atoms with Crippen molar-refractivity contribution in [2.24, 2.45) is 0 Å². The Labute approximate surface area is 136 Å². The van der Waals surface area contributed by atoms with Crippen molar-refractivity contribution in [3.8, 4) is 16.9 Å². The van der Waals surface area contributed by atoms with E-state index in [1.54, 1.807) is 41.2 Å². The van der Waals surface area contributed by atoms with Gasteiger partial charge in [-0.25, -0.2) is 4.68 Å². The molecule has 0 unspecified atom stereocenters. The Morgan fingerprint density at radius 1 is 0.952 bits per heavy atom. The summed E-state index contributed by atoms with van der Waals surface area (Å²) in [6, 6.07) is 12.6. The summed E-state index contributed by atoms with van der Waals surface area (Å²) in [6.07, 6.45) is 1.73. The van der Waals surface area contributed by atoms with E-state index in [0.717, 1.165) is 11.3 Å². The molecule has 3 nitrogen and oxygen atoms in total. The van der Waals surface area contributed by atoms with Crippen LogP contribution >= 0.6 is 34.8 Å². The van der Waals surface area contributed by atoms with Crippen LogP contribution in [-0.2, 0) is 0 Å². The van der Waals surface area contributed by atoms with Gasteiger partial charge in [0.15, 0.2) is 0 Å². The Morgan fingerprint density at radius 3 is 2.43 bits per heavy atom. The van der Waals surface area contributed by atoms with Crippen molar-refractivity contribution in [1.82, 2.24) is 9.78 Å². The minimum Gasteiger partial charge on any atom is -0.396 e. The average molecular weight is 339 g/mol. The van der Waals surface area contributed by atoms with E-state index in [2.05, 4.69) is 5.10 Å². The summed E-state index contributed by atoms with van der Waals surface area (Å²) in [5, 5.41) is 6.19. The predicted octanol–water partition coefficient (Wildman–Crippen LogP) is 5.08. The Morgan fingerprint density at radius 2 is 1.71 bits per heavy atom. The van der Waals surface area contributed by atoms with Crippen LogP contribution < -0.4 is 5.73 Å². The zero-order valence-corrected chi connectivity index (χ0v) is 13.0. The van der Waals surface area contributed by atoms with Gasteiger partial charge < -0.3 is 5.73 Å². The molecule has 0 amide bonds. The molecule has 0 radical (unpaired) electrons. The van der Waals surface area contributed by atoms with Gasteiger partial charge in [-0.3, -0.25) is 0 Å². The second kappa shape index (κ2) is 5.60. The molecule has 21 heavy (non-hydrogen) atoms. The van der Waals surface area contributed by atoms with E-state index in [-0.39, 0.29) is 0 Å². The molecule has 1 heterocycles. The largest absolute Gasteiger partial charge is 0.396 e. The highest BCUT2D eigenvalue weighted by atomic mass is 35.5. The van der Waals surface area contributed by atoms with E-state index < -0.39 is 0 Å². The summed E-state index contributed by atoms with van der Waals surface area (Å²) in [5.41, 5.74) is 8.74. The molecular weight excluding hydrogens is 329 g/mol. The normalized spacial score (nSPS) is 10.8. The highest BCUT2D eigenvalue weighted by Crippen LogP contribution is 2.33. The second-order valence-electron chi connectivity index (χ2n) is 4.48. The Kier molecular flexibility index (Phi) is 3.81. The summed E-state index contributed by atoms with van der Waals surface area (Å²) in [5.74, 6) is 0. The van der Waals surface area contributed by atoms with Crippen LogP contribution in [0.3, 0.4) is 0 Å². The minimum absolute atomic E-state index is 0.505. The number of nitrogens with two attached hydrogens (primary N) is 1. The third-order valence-electron chi connectivity index (χ3n) is 3.00. The van der Waals surface area contributed by atoms with Gasteiger partial charge in [-0.1, -0.05) is 40.9 Å². The monoisotopic (exact) mass is 337 g/mol. The molecule has 0 fully saturated rings. The third kappa shape index (κ3) is 2.86. The molecule has 2 N–H and O–H groups in total. The molecule has 0 spiro atoms. The number of rotatable bonds is 2. The molecule has 0 saturated heterocycles. The number of anilines is 1. The summed E-state index contributed by atoms with van der Waals surface area (Å²) < 4.78 is 1.67. The number of hydrogen-bond donors (Lipinski definition) is 1. The lowest BCUT2D eigenvalue weighted by molar-refractivity contribution is 0.884. The fourth-order valence-electron chi connectivity index (χ4n) is 2.03. The molecule has 0 atom stereocenters. The van der Waals surface area contributed by atoms with Crippen LogP contribution in [0.5, 0.6) is 0 Å². The summed E-state index contributed by atoms with van der Waals surface area (Å²) in [6.45, 7) is 0. The van der Waals surface area contributed by atoms with Gasteiger partial charge in [-0.05, 0) is 36.4 Å². The van der Waals surface area contributed by atoms with Crippen LogP contribution in [-0.4, -0.2) is 9.78 Å². The Hall–Kier alpha value is -1.68. The van der Waals surface area contributed by atoms with E-state index in [0.29, 0.717) is 26.4 Å². The lowest BCUT2D eigenvalue weighted by atomic mass is 10.1. The molecule has 0 aliphatic rings. The Balaban J connectivity index is 2.10. The van der Waals surface area contributed by atoms with Crippen molar-refractivity contribution >= 4 is 40.5 Å². The fraction of sp³-hybridized carbons (Fsp3) is 0. The molecule has 0 bridgehead atoms. The van der Waals surface area contributed by atoms with E-state index in [1.807, 2.05) is 12.1 Å². The lowest BCUT2D eigenvalue weighted by Crippen LogP contribution is -1.94. The quantitative estimate of drug-likeness (QED) is 0.708. The smallest absolute Gasteiger partial charge is 0.117 e. The third-order valence-corrected chi connectivity index (χ3v) is 3.78. The molecule has 0 saturated carbocycles. The highest BCUT2D eigenvalue weighted by Gasteiger charge is 2.13. The summed E-state index contributed by atoms with van der Waals surface area (Å²) >= 11 is 18.1. The van der Waals surface area contributed by atoms with Crippen molar-refractivity contribution in [3.05, 3.63) is 63.7 Å². The van der Waals surface area contributed by atoms with Gasteiger partial charge in [0.1, 0.15) is 5.69 Å². The molecule has 106 valence electrons. The first-order chi connectivity index (χ1) is 10.0. The van der Waals surface area contributed by atoms with E-state index in [4.69, 9.17) is 40.5 Å². The predicted molar refractivity (Wildman–Crippen MR) is 88.4 cm³/mol. The molecular formula is C15H10Cl3N3. The Bertz CT molecular complexity index is 812. The molecule has 3 rings (SSSR count). The lowest BCUT2D eigenvalue weighted by Gasteiger charge is -2.03. The van der Waals surface area contributed by atoms with E-state index >= 15 is 0 Å². The zero-order valence-electron chi connectivity index (χ0n) is 10.7. The van der Waals surface area contributed by atoms with E-state index in [1.165, 1.54) is 0 Å². The van der Waals surface area contributed by atoms with Crippen LogP contribution in [0.25, 0.3) is 16.9 Å². The van der Waals surface area contributed by atoms with Gasteiger partial charge in [0.05, 0.1) is 22.6 Å². The summed E-state index contributed by atoms with van der Waals surface area (Å²) in [7, 11) is 0. The van der Waals surface area contributed by atoms with Gasteiger partial charge in [0, 0.05) is 15.6 Å². The maximum atomic E-state index is 6.21. The van der Waals surface area contributed by atoms with Gasteiger partial charge in [-0.15, -0.1) is 0 Å². The molecule has 1 aromatic heterocycles. The fourth-order valence-corrected chi connectivity index (χ4v) is 2.71. The summed E-state index contributed by atoms with van der Waals surface area (Å²) in [4.78, 5) is 0. The van der Waals surface area contributed by atoms with Gasteiger partial charge in [0.2, 0.25) is 0 Å². The second-order valence-corrected chi connectivity index (χ2v) is 5.76. The van der Waals surface area contributed by atoms with Gasteiger partial charge in [0.25, 0.3) is 0 Å². The first kappa shape index (κ1) is 14.3. The molecule has 6 heteroatoms. The minimum atomic E-state index is 0.505. The van der Waals surface area contributed by atoms with Crippen LogP contribution in [0, 0.1) is 0 Å². The van der Waals surface area contributed by atoms with Crippen molar-refractivity contribution in [3.63, 3.8) is 0 Å². The number of benzene rings is 2. The number of hydrogen-bond acceptors (Lipinski definition) is 2. The first-order valence-electron chi connectivity index (χ1n) is 6.11. The standard InChI is InChI=1S/C15H10Cl3N3/c16-9-2-1-3-11(6-9)21-8-14(19)15(20-21)12-5-4-10(17)7-13(12)18/h1-8H,19H2. The molecule has 2 aromatic carbocycles. The maximum absolute atomic E-state index is 6.21. The van der Waals surface area contributed by atoms with Gasteiger partial charge in [-0.2, -0.15) is 5.10 Å². The number of aromatic nitrogens is 2. The average Bonchev–Trinajstić information content (AvgIpc) is 2.81. The van der Waals surface area contributed by atoms with Crippen molar-refractivity contribution < 1.29 is 0 Å². The maximum Gasteiger partial charge on any atom is 0.117 e. The first-order valence-corrected chi connectivity index (χ1v) is 7.24.